The van der Waals surface area contributed by atoms with Crippen LogP contribution in [0, 0.1) is 10.1 Å². The predicted octanol–water partition coefficient (Wildman–Crippen LogP) is 0.469. The molecule has 74 valence electrons. The molecule has 6 heteroatoms. The summed E-state index contributed by atoms with van der Waals surface area (Å²) < 4.78 is 0. The van der Waals surface area contributed by atoms with Crippen molar-refractivity contribution in [3.8, 4) is 0 Å². The minimum absolute atomic E-state index is 0.450. The number of H-pyrrole nitrogens is 1. The Labute approximate surface area is 79.2 Å². The van der Waals surface area contributed by atoms with E-state index in [2.05, 4.69) is 11.6 Å². The van der Waals surface area contributed by atoms with Crippen molar-refractivity contribution in [2.75, 3.05) is 0 Å². The zero-order chi connectivity index (χ0) is 10.7. The first kappa shape index (κ1) is 10.1. The van der Waals surface area contributed by atoms with Gasteiger partial charge in [-0.2, -0.15) is 0 Å². The summed E-state index contributed by atoms with van der Waals surface area (Å²) >= 11 is 0. The normalized spacial score (nSPS) is 12.1. The fourth-order valence-electron chi connectivity index (χ4n) is 0.952. The average Bonchev–Trinajstić information content (AvgIpc) is 2.17. The Kier molecular flexibility index (Phi) is 2.78. The standard InChI is InChI=1S/C8H9N3O3/c1-2-6(9)5-3-7(11(13)14)8(12)10-4-5/h2-4,6H,1,9H2,(H,10,12). The molecule has 1 unspecified atom stereocenters. The fourth-order valence-corrected chi connectivity index (χ4v) is 0.952. The Hall–Kier alpha value is -1.95. The number of pyridine rings is 1. The number of hydrogen-bond acceptors (Lipinski definition) is 4. The van der Waals surface area contributed by atoms with Crippen LogP contribution in [0.1, 0.15) is 11.6 Å². The lowest BCUT2D eigenvalue weighted by Crippen LogP contribution is -2.15. The number of nitrogens with two attached hydrogens (primary N) is 1. The van der Waals surface area contributed by atoms with Crippen LogP contribution in [0.15, 0.2) is 29.7 Å². The largest absolute Gasteiger partial charge is 0.334 e. The van der Waals surface area contributed by atoms with Gasteiger partial charge in [0.2, 0.25) is 0 Å². The van der Waals surface area contributed by atoms with Crippen molar-refractivity contribution in [2.24, 2.45) is 5.73 Å². The Balaban J connectivity index is 3.26. The molecular formula is C8H9N3O3. The third-order valence-corrected chi connectivity index (χ3v) is 1.74. The van der Waals surface area contributed by atoms with Gasteiger partial charge in [-0.05, 0) is 5.56 Å². The van der Waals surface area contributed by atoms with Gasteiger partial charge in [0, 0.05) is 18.3 Å². The average molecular weight is 195 g/mol. The maximum atomic E-state index is 11.0. The first-order chi connectivity index (χ1) is 6.56. The molecule has 0 radical (unpaired) electrons. The molecule has 1 aromatic rings. The van der Waals surface area contributed by atoms with E-state index in [0.29, 0.717) is 5.56 Å². The van der Waals surface area contributed by atoms with Gasteiger partial charge in [-0.3, -0.25) is 14.9 Å². The molecule has 3 N–H and O–H groups in total. The van der Waals surface area contributed by atoms with E-state index in [9.17, 15) is 14.9 Å². The molecule has 0 aliphatic rings. The van der Waals surface area contributed by atoms with Crippen LogP contribution in [0.25, 0.3) is 0 Å². The first-order valence-electron chi connectivity index (χ1n) is 3.81. The van der Waals surface area contributed by atoms with Crippen LogP contribution in [-0.4, -0.2) is 9.91 Å². The van der Waals surface area contributed by atoms with Crippen LogP contribution in [0.4, 0.5) is 5.69 Å². The molecule has 14 heavy (non-hydrogen) atoms. The van der Waals surface area contributed by atoms with Gasteiger partial charge in [-0.15, -0.1) is 6.58 Å². The van der Waals surface area contributed by atoms with Gasteiger partial charge >= 0.3 is 11.2 Å². The molecule has 0 aliphatic carbocycles. The molecule has 0 bridgehead atoms. The van der Waals surface area contributed by atoms with Crippen LogP contribution in [-0.2, 0) is 0 Å². The fraction of sp³-hybridized carbons (Fsp3) is 0.125. The van der Waals surface area contributed by atoms with Crippen LogP contribution in [0.3, 0.4) is 0 Å². The van der Waals surface area contributed by atoms with Crippen LogP contribution >= 0.6 is 0 Å². The SMILES string of the molecule is C=CC(N)c1c[nH]c(=O)c([N+](=O)[O-])c1. The first-order valence-corrected chi connectivity index (χ1v) is 3.81. The summed E-state index contributed by atoms with van der Waals surface area (Å²) in [5.41, 5.74) is 4.75. The monoisotopic (exact) mass is 195 g/mol. The highest BCUT2D eigenvalue weighted by Gasteiger charge is 2.14. The maximum Gasteiger partial charge on any atom is 0.334 e. The lowest BCUT2D eigenvalue weighted by molar-refractivity contribution is -0.386. The van der Waals surface area contributed by atoms with E-state index in [-0.39, 0.29) is 0 Å². The summed E-state index contributed by atoms with van der Waals surface area (Å²) in [5.74, 6) is 0. The molecule has 1 aromatic heterocycles. The number of nitrogens with one attached hydrogen (secondary N) is 1. The van der Waals surface area contributed by atoms with Crippen molar-refractivity contribution in [1.29, 1.82) is 0 Å². The minimum atomic E-state index is -0.752. The minimum Gasteiger partial charge on any atom is -0.323 e. The predicted molar refractivity (Wildman–Crippen MR) is 50.8 cm³/mol. The maximum absolute atomic E-state index is 11.0. The molecule has 0 aliphatic heterocycles. The van der Waals surface area contributed by atoms with Gasteiger partial charge in [-0.25, -0.2) is 0 Å². The third-order valence-electron chi connectivity index (χ3n) is 1.74. The topological polar surface area (TPSA) is 102 Å². The summed E-state index contributed by atoms with van der Waals surface area (Å²) in [4.78, 5) is 22.9. The lowest BCUT2D eigenvalue weighted by atomic mass is 10.1. The van der Waals surface area contributed by atoms with Crippen molar-refractivity contribution in [3.63, 3.8) is 0 Å². The molecule has 0 saturated heterocycles. The van der Waals surface area contributed by atoms with Gasteiger partial charge < -0.3 is 10.7 Å². The van der Waals surface area contributed by atoms with E-state index in [1.165, 1.54) is 12.3 Å². The smallest absolute Gasteiger partial charge is 0.323 e. The zero-order valence-corrected chi connectivity index (χ0v) is 7.27. The van der Waals surface area contributed by atoms with E-state index >= 15 is 0 Å². The second-order valence-corrected chi connectivity index (χ2v) is 2.67. The van der Waals surface area contributed by atoms with Crippen molar-refractivity contribution in [3.05, 3.63) is 50.9 Å². The number of nitrogens with zero attached hydrogens (tertiary/aromatic N) is 1. The van der Waals surface area contributed by atoms with E-state index in [1.807, 2.05) is 0 Å². The van der Waals surface area contributed by atoms with Crippen LogP contribution in [0.2, 0.25) is 0 Å². The van der Waals surface area contributed by atoms with Gasteiger partial charge in [0.1, 0.15) is 0 Å². The summed E-state index contributed by atoms with van der Waals surface area (Å²) in [6.45, 7) is 3.45. The highest BCUT2D eigenvalue weighted by molar-refractivity contribution is 5.32. The summed E-state index contributed by atoms with van der Waals surface area (Å²) in [6, 6.07) is 0.621. The van der Waals surface area contributed by atoms with Gasteiger partial charge in [0.15, 0.2) is 0 Å². The lowest BCUT2D eigenvalue weighted by Gasteiger charge is -2.04. The summed E-state index contributed by atoms with van der Waals surface area (Å²) in [6.07, 6.45) is 2.76. The molecule has 1 atom stereocenters. The van der Waals surface area contributed by atoms with E-state index in [4.69, 9.17) is 5.73 Å². The molecule has 0 fully saturated rings. The highest BCUT2D eigenvalue weighted by atomic mass is 16.6. The molecular weight excluding hydrogens is 186 g/mol. The Morgan fingerprint density at radius 2 is 2.36 bits per heavy atom. The molecule has 1 rings (SSSR count). The number of nitro groups is 1. The summed E-state index contributed by atoms with van der Waals surface area (Å²) in [7, 11) is 0. The zero-order valence-electron chi connectivity index (χ0n) is 7.27. The highest BCUT2D eigenvalue weighted by Crippen LogP contribution is 2.12. The Morgan fingerprint density at radius 3 is 2.86 bits per heavy atom. The second kappa shape index (κ2) is 3.84. The molecule has 0 amide bonds. The van der Waals surface area contributed by atoms with Crippen LogP contribution in [0.5, 0.6) is 0 Å². The molecule has 6 nitrogen and oxygen atoms in total. The quantitative estimate of drug-likeness (QED) is 0.415. The van der Waals surface area contributed by atoms with E-state index in [0.717, 1.165) is 6.07 Å². The summed E-state index contributed by atoms with van der Waals surface area (Å²) in [5, 5.41) is 10.4. The van der Waals surface area contributed by atoms with Crippen molar-refractivity contribution in [1.82, 2.24) is 4.98 Å². The number of aromatic nitrogens is 1. The van der Waals surface area contributed by atoms with Crippen LogP contribution < -0.4 is 11.3 Å². The molecule has 0 spiro atoms. The number of hydrogen-bond donors (Lipinski definition) is 2. The molecule has 0 aromatic carbocycles. The van der Waals surface area contributed by atoms with E-state index in [1.54, 1.807) is 0 Å². The Bertz CT molecular complexity index is 424. The van der Waals surface area contributed by atoms with Crippen molar-refractivity contribution < 1.29 is 4.92 Å². The van der Waals surface area contributed by atoms with Gasteiger partial charge in [0.25, 0.3) is 0 Å². The third kappa shape index (κ3) is 1.86. The van der Waals surface area contributed by atoms with Crippen molar-refractivity contribution >= 4 is 5.69 Å². The van der Waals surface area contributed by atoms with Crippen molar-refractivity contribution in [2.45, 2.75) is 6.04 Å². The van der Waals surface area contributed by atoms with E-state index < -0.39 is 22.2 Å². The van der Waals surface area contributed by atoms with Gasteiger partial charge in [0.05, 0.1) is 4.92 Å². The number of rotatable bonds is 3. The number of aromatic amines is 1. The van der Waals surface area contributed by atoms with Gasteiger partial charge in [-0.1, -0.05) is 6.08 Å². The molecule has 1 heterocycles. The Morgan fingerprint density at radius 1 is 1.71 bits per heavy atom. The molecule has 0 saturated carbocycles. The second-order valence-electron chi connectivity index (χ2n) is 2.67.